The Labute approximate surface area is 80.6 Å². The minimum absolute atomic E-state index is 0.137. The first-order chi connectivity index (χ1) is 6.72. The summed E-state index contributed by atoms with van der Waals surface area (Å²) in [7, 11) is 0. The van der Waals surface area contributed by atoms with Crippen LogP contribution in [0, 0.1) is 0 Å². The fraction of sp³-hybridized carbons (Fsp3) is 0.375. The Hall–Kier alpha value is -1.37. The van der Waals surface area contributed by atoms with Crippen molar-refractivity contribution in [3.05, 3.63) is 23.7 Å². The summed E-state index contributed by atoms with van der Waals surface area (Å²) in [6.45, 7) is -0.0109. The van der Waals surface area contributed by atoms with Gasteiger partial charge in [-0.05, 0) is 12.1 Å². The van der Waals surface area contributed by atoms with Crippen LogP contribution in [-0.4, -0.2) is 17.6 Å². The van der Waals surface area contributed by atoms with Gasteiger partial charge in [0.05, 0.1) is 6.54 Å². The van der Waals surface area contributed by atoms with Crippen molar-refractivity contribution in [2.45, 2.75) is 13.2 Å². The van der Waals surface area contributed by atoms with Gasteiger partial charge in [-0.25, -0.2) is 0 Å². The van der Waals surface area contributed by atoms with E-state index in [9.17, 15) is 4.79 Å². The first kappa shape index (κ1) is 10.7. The maximum absolute atomic E-state index is 10.3. The molecule has 0 aliphatic heterocycles. The van der Waals surface area contributed by atoms with Crippen LogP contribution >= 0.6 is 0 Å². The van der Waals surface area contributed by atoms with Crippen LogP contribution in [0.25, 0.3) is 0 Å². The van der Waals surface area contributed by atoms with Crippen molar-refractivity contribution in [3.63, 3.8) is 0 Å². The van der Waals surface area contributed by atoms with Crippen molar-refractivity contribution in [1.29, 1.82) is 0 Å². The first-order valence-corrected chi connectivity index (χ1v) is 4.03. The molecule has 0 bridgehead atoms. The largest absolute Gasteiger partial charge is 0.462 e. The zero-order chi connectivity index (χ0) is 10.4. The fourth-order valence-corrected chi connectivity index (χ4v) is 0.847. The number of aliphatic hydroxyl groups is 1. The van der Waals surface area contributed by atoms with Gasteiger partial charge in [0, 0.05) is 0 Å². The van der Waals surface area contributed by atoms with Gasteiger partial charge in [0.25, 0.3) is 0 Å². The summed E-state index contributed by atoms with van der Waals surface area (Å²) in [5, 5.41) is 8.69. The number of primary amides is 1. The molecule has 6 nitrogen and oxygen atoms in total. The standard InChI is InChI=1S/C8H12N2O4/c9-8(12)5-13-10-3-6-1-2-7(4-11)14-6/h1-2,10-11H,3-5H2,(H2,9,12). The highest BCUT2D eigenvalue weighted by Gasteiger charge is 2.00. The highest BCUT2D eigenvalue weighted by molar-refractivity contribution is 5.74. The lowest BCUT2D eigenvalue weighted by Crippen LogP contribution is -2.24. The molecule has 0 aromatic carbocycles. The molecule has 1 amide bonds. The number of hydrogen-bond acceptors (Lipinski definition) is 5. The molecular formula is C8H12N2O4. The topological polar surface area (TPSA) is 97.7 Å². The molecular weight excluding hydrogens is 188 g/mol. The predicted octanol–water partition coefficient (Wildman–Crippen LogP) is -0.722. The lowest BCUT2D eigenvalue weighted by Gasteiger charge is -2.00. The molecule has 1 rings (SSSR count). The summed E-state index contributed by atoms with van der Waals surface area (Å²) in [5.41, 5.74) is 7.33. The van der Waals surface area contributed by atoms with Crippen LogP contribution in [0.3, 0.4) is 0 Å². The molecule has 14 heavy (non-hydrogen) atoms. The number of carbonyl (C=O) groups is 1. The highest BCUT2D eigenvalue weighted by Crippen LogP contribution is 2.06. The molecule has 0 radical (unpaired) electrons. The molecule has 78 valence electrons. The summed E-state index contributed by atoms with van der Waals surface area (Å²) in [6.07, 6.45) is 0. The SMILES string of the molecule is NC(=O)CONCc1ccc(CO)o1. The Morgan fingerprint density at radius 2 is 2.29 bits per heavy atom. The van der Waals surface area contributed by atoms with Crippen LogP contribution in [0.2, 0.25) is 0 Å². The van der Waals surface area contributed by atoms with Crippen LogP contribution in [-0.2, 0) is 22.8 Å². The van der Waals surface area contributed by atoms with Crippen LogP contribution in [0.4, 0.5) is 0 Å². The second-order valence-electron chi connectivity index (χ2n) is 2.60. The van der Waals surface area contributed by atoms with E-state index in [2.05, 4.69) is 5.48 Å². The number of nitrogens with one attached hydrogen (secondary N) is 1. The Balaban J connectivity index is 2.21. The summed E-state index contributed by atoms with van der Waals surface area (Å²) in [5.74, 6) is 0.545. The lowest BCUT2D eigenvalue weighted by molar-refractivity contribution is -0.125. The van der Waals surface area contributed by atoms with Gasteiger partial charge in [0.2, 0.25) is 5.91 Å². The third-order valence-corrected chi connectivity index (χ3v) is 1.44. The zero-order valence-corrected chi connectivity index (χ0v) is 7.53. The number of hydroxylamine groups is 1. The van der Waals surface area contributed by atoms with E-state index in [-0.39, 0.29) is 13.2 Å². The van der Waals surface area contributed by atoms with E-state index in [1.807, 2.05) is 0 Å². The number of hydrogen-bond donors (Lipinski definition) is 3. The molecule has 0 spiro atoms. The minimum atomic E-state index is -0.548. The molecule has 0 aliphatic rings. The third-order valence-electron chi connectivity index (χ3n) is 1.44. The Morgan fingerprint density at radius 1 is 1.57 bits per heavy atom. The van der Waals surface area contributed by atoms with Crippen molar-refractivity contribution >= 4 is 5.91 Å². The maximum Gasteiger partial charge on any atom is 0.245 e. The Morgan fingerprint density at radius 3 is 2.86 bits per heavy atom. The molecule has 0 aliphatic carbocycles. The van der Waals surface area contributed by atoms with E-state index in [1.165, 1.54) is 0 Å². The van der Waals surface area contributed by atoms with Gasteiger partial charge in [-0.3, -0.25) is 9.63 Å². The summed E-state index contributed by atoms with van der Waals surface area (Å²) in [6, 6.07) is 3.36. The second-order valence-corrected chi connectivity index (χ2v) is 2.60. The van der Waals surface area contributed by atoms with Crippen LogP contribution < -0.4 is 11.2 Å². The molecule has 0 saturated heterocycles. The van der Waals surface area contributed by atoms with Crippen LogP contribution in [0.5, 0.6) is 0 Å². The Kier molecular flexibility index (Phi) is 4.11. The molecule has 0 fully saturated rings. The Bertz CT molecular complexity index is 297. The van der Waals surface area contributed by atoms with E-state index in [0.717, 1.165) is 0 Å². The number of furan rings is 1. The van der Waals surface area contributed by atoms with E-state index in [4.69, 9.17) is 20.1 Å². The van der Waals surface area contributed by atoms with Crippen molar-refractivity contribution in [2.24, 2.45) is 5.73 Å². The highest BCUT2D eigenvalue weighted by atomic mass is 16.6. The van der Waals surface area contributed by atoms with Crippen LogP contribution in [0.1, 0.15) is 11.5 Å². The van der Waals surface area contributed by atoms with Gasteiger partial charge in [0.15, 0.2) is 0 Å². The van der Waals surface area contributed by atoms with Crippen molar-refractivity contribution < 1.29 is 19.2 Å². The average Bonchev–Trinajstić information content (AvgIpc) is 2.60. The van der Waals surface area contributed by atoms with Gasteiger partial charge in [0.1, 0.15) is 24.7 Å². The van der Waals surface area contributed by atoms with Gasteiger partial charge in [-0.2, -0.15) is 5.48 Å². The summed E-state index contributed by atoms with van der Waals surface area (Å²) in [4.78, 5) is 15.0. The third kappa shape index (κ3) is 3.56. The molecule has 1 heterocycles. The van der Waals surface area contributed by atoms with Gasteiger partial charge >= 0.3 is 0 Å². The number of rotatable bonds is 6. The maximum atomic E-state index is 10.3. The average molecular weight is 200 g/mol. The summed E-state index contributed by atoms with van der Waals surface area (Å²) >= 11 is 0. The first-order valence-electron chi connectivity index (χ1n) is 4.03. The molecule has 4 N–H and O–H groups in total. The fourth-order valence-electron chi connectivity index (χ4n) is 0.847. The van der Waals surface area contributed by atoms with E-state index in [1.54, 1.807) is 12.1 Å². The number of aliphatic hydroxyl groups excluding tert-OH is 1. The quantitative estimate of drug-likeness (QED) is 0.416. The summed E-state index contributed by atoms with van der Waals surface area (Å²) < 4.78 is 5.13. The molecule has 1 aromatic rings. The van der Waals surface area contributed by atoms with E-state index >= 15 is 0 Å². The zero-order valence-electron chi connectivity index (χ0n) is 7.53. The number of nitrogens with two attached hydrogens (primary N) is 1. The lowest BCUT2D eigenvalue weighted by atomic mass is 10.4. The molecule has 0 atom stereocenters. The van der Waals surface area contributed by atoms with E-state index in [0.29, 0.717) is 18.1 Å². The van der Waals surface area contributed by atoms with Gasteiger partial charge in [-0.1, -0.05) is 0 Å². The second kappa shape index (κ2) is 5.38. The van der Waals surface area contributed by atoms with Gasteiger partial charge < -0.3 is 15.3 Å². The van der Waals surface area contributed by atoms with Crippen molar-refractivity contribution in [1.82, 2.24) is 5.48 Å². The van der Waals surface area contributed by atoms with E-state index < -0.39 is 5.91 Å². The van der Waals surface area contributed by atoms with Crippen molar-refractivity contribution in [2.75, 3.05) is 6.61 Å². The molecule has 0 unspecified atom stereocenters. The minimum Gasteiger partial charge on any atom is -0.462 e. The predicted molar refractivity (Wildman–Crippen MR) is 46.6 cm³/mol. The molecule has 0 saturated carbocycles. The van der Waals surface area contributed by atoms with Crippen LogP contribution in [0.15, 0.2) is 16.5 Å². The molecule has 1 aromatic heterocycles. The monoisotopic (exact) mass is 200 g/mol. The number of amides is 1. The normalized spacial score (nSPS) is 10.4. The molecule has 6 heteroatoms. The smallest absolute Gasteiger partial charge is 0.245 e. The number of carbonyl (C=O) groups excluding carboxylic acids is 1. The van der Waals surface area contributed by atoms with Crippen molar-refractivity contribution in [3.8, 4) is 0 Å². The van der Waals surface area contributed by atoms with Gasteiger partial charge in [-0.15, -0.1) is 0 Å².